The summed E-state index contributed by atoms with van der Waals surface area (Å²) in [5.41, 5.74) is 1.01. The normalized spacial score (nSPS) is 14.4. The zero-order valence-electron chi connectivity index (χ0n) is 8.62. The lowest BCUT2D eigenvalue weighted by Crippen LogP contribution is -2.20. The van der Waals surface area contributed by atoms with Crippen LogP contribution in [0.4, 0.5) is 0 Å². The predicted molar refractivity (Wildman–Crippen MR) is 55.6 cm³/mol. The molecule has 1 rings (SSSR count). The molecule has 0 heterocycles. The van der Waals surface area contributed by atoms with Crippen LogP contribution in [-0.4, -0.2) is 5.11 Å². The highest BCUT2D eigenvalue weighted by Crippen LogP contribution is 2.24. The number of hydrogen-bond donors (Lipinski definition) is 1. The second-order valence-corrected chi connectivity index (χ2v) is 3.66. The lowest BCUT2D eigenvalue weighted by atomic mass is 9.92. The molecule has 0 aliphatic heterocycles. The van der Waals surface area contributed by atoms with Gasteiger partial charge in [0, 0.05) is 0 Å². The molecule has 14 heavy (non-hydrogen) atoms. The average molecular weight is 189 g/mol. The fourth-order valence-electron chi connectivity index (χ4n) is 1.36. The van der Waals surface area contributed by atoms with E-state index in [1.807, 2.05) is 30.3 Å². The maximum atomic E-state index is 9.93. The Kier molecular flexibility index (Phi) is 3.27. The van der Waals surface area contributed by atoms with Gasteiger partial charge in [-0.05, 0) is 24.5 Å². The molecule has 0 fully saturated rings. The lowest BCUT2D eigenvalue weighted by molar-refractivity contribution is 0.0624. The van der Waals surface area contributed by atoms with E-state index in [9.17, 15) is 5.11 Å². The second kappa shape index (κ2) is 4.26. The first-order valence-corrected chi connectivity index (χ1v) is 4.79. The van der Waals surface area contributed by atoms with Crippen molar-refractivity contribution >= 4 is 0 Å². The van der Waals surface area contributed by atoms with Crippen molar-refractivity contribution in [2.75, 3.05) is 0 Å². The summed E-state index contributed by atoms with van der Waals surface area (Å²) in [5, 5.41) is 18.5. The lowest BCUT2D eigenvalue weighted by Gasteiger charge is -2.20. The summed E-state index contributed by atoms with van der Waals surface area (Å²) in [6, 6.07) is 9.73. The first-order chi connectivity index (χ1) is 6.60. The Morgan fingerprint density at radius 1 is 1.36 bits per heavy atom. The maximum Gasteiger partial charge on any atom is 0.0997 e. The minimum absolute atomic E-state index is 0.123. The van der Waals surface area contributed by atoms with Crippen molar-refractivity contribution in [2.24, 2.45) is 0 Å². The standard InChI is InChI=1S/C12H15NO/c1-3-10-4-6-11(7-5-10)12(2,14)8-9-13/h4-7,14H,3,8H2,1-2H3. The highest BCUT2D eigenvalue weighted by molar-refractivity contribution is 5.27. The molecule has 1 N–H and O–H groups in total. The van der Waals surface area contributed by atoms with Gasteiger partial charge in [-0.1, -0.05) is 31.2 Å². The van der Waals surface area contributed by atoms with Crippen LogP contribution in [0.15, 0.2) is 24.3 Å². The van der Waals surface area contributed by atoms with E-state index in [1.54, 1.807) is 6.92 Å². The van der Waals surface area contributed by atoms with Gasteiger partial charge in [0.05, 0.1) is 18.1 Å². The Balaban J connectivity index is 2.92. The third-order valence-electron chi connectivity index (χ3n) is 2.41. The van der Waals surface area contributed by atoms with Gasteiger partial charge in [-0.15, -0.1) is 0 Å². The fourth-order valence-corrected chi connectivity index (χ4v) is 1.36. The third-order valence-corrected chi connectivity index (χ3v) is 2.41. The van der Waals surface area contributed by atoms with Gasteiger partial charge in [-0.2, -0.15) is 5.26 Å². The second-order valence-electron chi connectivity index (χ2n) is 3.66. The van der Waals surface area contributed by atoms with Crippen LogP contribution in [0.1, 0.15) is 31.4 Å². The van der Waals surface area contributed by atoms with Crippen LogP contribution in [0.3, 0.4) is 0 Å². The molecule has 0 saturated carbocycles. The van der Waals surface area contributed by atoms with Crippen molar-refractivity contribution in [2.45, 2.75) is 32.3 Å². The molecule has 0 aromatic heterocycles. The summed E-state index contributed by atoms with van der Waals surface area (Å²) in [6.45, 7) is 3.75. The Hall–Kier alpha value is -1.33. The van der Waals surface area contributed by atoms with Crippen molar-refractivity contribution in [1.29, 1.82) is 5.26 Å². The SMILES string of the molecule is CCc1ccc(C(C)(O)CC#N)cc1. The molecule has 0 aliphatic rings. The van der Waals surface area contributed by atoms with Gasteiger partial charge >= 0.3 is 0 Å². The number of nitrogens with zero attached hydrogens (tertiary/aromatic N) is 1. The largest absolute Gasteiger partial charge is 0.384 e. The van der Waals surface area contributed by atoms with E-state index in [0.717, 1.165) is 12.0 Å². The molecule has 1 aromatic rings. The van der Waals surface area contributed by atoms with Crippen LogP contribution in [0.25, 0.3) is 0 Å². The number of rotatable bonds is 3. The third kappa shape index (κ3) is 2.34. The highest BCUT2D eigenvalue weighted by atomic mass is 16.3. The van der Waals surface area contributed by atoms with Gasteiger partial charge < -0.3 is 5.11 Å². The molecule has 2 heteroatoms. The number of aryl methyl sites for hydroxylation is 1. The molecular formula is C12H15NO. The van der Waals surface area contributed by atoms with Crippen molar-refractivity contribution in [3.63, 3.8) is 0 Å². The molecule has 0 aliphatic carbocycles. The predicted octanol–water partition coefficient (Wildman–Crippen LogP) is 2.37. The number of hydrogen-bond acceptors (Lipinski definition) is 2. The molecule has 74 valence electrons. The van der Waals surface area contributed by atoms with Crippen LogP contribution in [-0.2, 0) is 12.0 Å². The summed E-state index contributed by atoms with van der Waals surface area (Å²) < 4.78 is 0. The van der Waals surface area contributed by atoms with Crippen molar-refractivity contribution in [1.82, 2.24) is 0 Å². The summed E-state index contributed by atoms with van der Waals surface area (Å²) in [5.74, 6) is 0. The van der Waals surface area contributed by atoms with E-state index in [0.29, 0.717) is 0 Å². The van der Waals surface area contributed by atoms with Crippen LogP contribution >= 0.6 is 0 Å². The Bertz CT molecular complexity index is 332. The molecule has 2 nitrogen and oxygen atoms in total. The molecule has 0 amide bonds. The Morgan fingerprint density at radius 3 is 2.36 bits per heavy atom. The van der Waals surface area contributed by atoms with Gasteiger partial charge in [0.2, 0.25) is 0 Å². The van der Waals surface area contributed by atoms with Crippen LogP contribution in [0.5, 0.6) is 0 Å². The van der Waals surface area contributed by atoms with E-state index in [-0.39, 0.29) is 6.42 Å². The first-order valence-electron chi connectivity index (χ1n) is 4.79. The van der Waals surface area contributed by atoms with Crippen LogP contribution in [0.2, 0.25) is 0 Å². The van der Waals surface area contributed by atoms with Crippen LogP contribution < -0.4 is 0 Å². The summed E-state index contributed by atoms with van der Waals surface area (Å²) in [6.07, 6.45) is 1.11. The monoisotopic (exact) mass is 189 g/mol. The molecule has 0 spiro atoms. The molecule has 0 saturated heterocycles. The van der Waals surface area contributed by atoms with E-state index >= 15 is 0 Å². The minimum atomic E-state index is -1.03. The van der Waals surface area contributed by atoms with Crippen LogP contribution in [0, 0.1) is 11.3 Å². The van der Waals surface area contributed by atoms with Crippen molar-refractivity contribution < 1.29 is 5.11 Å². The topological polar surface area (TPSA) is 44.0 Å². The first kappa shape index (κ1) is 10.7. The van der Waals surface area contributed by atoms with E-state index in [2.05, 4.69) is 6.92 Å². The zero-order chi connectivity index (χ0) is 10.6. The van der Waals surface area contributed by atoms with Gasteiger partial charge in [-0.25, -0.2) is 0 Å². The molecule has 1 unspecified atom stereocenters. The summed E-state index contributed by atoms with van der Waals surface area (Å²) >= 11 is 0. The Morgan fingerprint density at radius 2 is 1.93 bits per heavy atom. The van der Waals surface area contributed by atoms with Gasteiger partial charge in [0.15, 0.2) is 0 Å². The quantitative estimate of drug-likeness (QED) is 0.793. The van der Waals surface area contributed by atoms with E-state index < -0.39 is 5.60 Å². The number of benzene rings is 1. The Labute approximate surface area is 84.8 Å². The molecule has 1 aromatic carbocycles. The zero-order valence-corrected chi connectivity index (χ0v) is 8.62. The molecule has 0 radical (unpaired) electrons. The average Bonchev–Trinajstić information content (AvgIpc) is 2.18. The van der Waals surface area contributed by atoms with Crippen molar-refractivity contribution in [3.05, 3.63) is 35.4 Å². The van der Waals surface area contributed by atoms with E-state index in [4.69, 9.17) is 5.26 Å². The number of aliphatic hydroxyl groups is 1. The maximum absolute atomic E-state index is 9.93. The summed E-state index contributed by atoms with van der Waals surface area (Å²) in [4.78, 5) is 0. The molecular weight excluding hydrogens is 174 g/mol. The summed E-state index contributed by atoms with van der Waals surface area (Å²) in [7, 11) is 0. The van der Waals surface area contributed by atoms with Crippen molar-refractivity contribution in [3.8, 4) is 6.07 Å². The molecule has 1 atom stereocenters. The fraction of sp³-hybridized carbons (Fsp3) is 0.417. The highest BCUT2D eigenvalue weighted by Gasteiger charge is 2.22. The van der Waals surface area contributed by atoms with E-state index in [1.165, 1.54) is 5.56 Å². The van der Waals surface area contributed by atoms with Gasteiger partial charge in [0.1, 0.15) is 0 Å². The smallest absolute Gasteiger partial charge is 0.0997 e. The minimum Gasteiger partial charge on any atom is -0.384 e. The van der Waals surface area contributed by atoms with Gasteiger partial charge in [-0.3, -0.25) is 0 Å². The number of nitriles is 1. The molecule has 0 bridgehead atoms. The van der Waals surface area contributed by atoms with Gasteiger partial charge in [0.25, 0.3) is 0 Å².